The number of nitrogens with one attached hydrogen (secondary N) is 1. The predicted molar refractivity (Wildman–Crippen MR) is 86.1 cm³/mol. The highest BCUT2D eigenvalue weighted by Gasteiger charge is 2.18. The van der Waals surface area contributed by atoms with Crippen LogP contribution in [0.5, 0.6) is 0 Å². The third-order valence-electron chi connectivity index (χ3n) is 2.25. The van der Waals surface area contributed by atoms with Gasteiger partial charge in [-0.1, -0.05) is 23.7 Å². The first-order chi connectivity index (χ1) is 9.19. The number of ether oxygens (including phenoxy) is 1. The summed E-state index contributed by atoms with van der Waals surface area (Å²) in [6.45, 7) is 5.55. The van der Waals surface area contributed by atoms with E-state index in [-0.39, 0.29) is 12.5 Å². The lowest BCUT2D eigenvalue weighted by atomic mass is 10.2. The molecule has 6 heteroatoms. The van der Waals surface area contributed by atoms with Crippen molar-refractivity contribution in [2.24, 2.45) is 0 Å². The van der Waals surface area contributed by atoms with Crippen LogP contribution in [0, 0.1) is 0 Å². The summed E-state index contributed by atoms with van der Waals surface area (Å²) in [6.07, 6.45) is 0. The molecule has 0 saturated carbocycles. The number of hydrogen-bond acceptors (Lipinski definition) is 3. The summed E-state index contributed by atoms with van der Waals surface area (Å²) in [7, 11) is 1.72. The van der Waals surface area contributed by atoms with E-state index in [4.69, 9.17) is 28.6 Å². The number of anilines is 1. The SMILES string of the molecule is CN(CC(=O)OC(C)(C)C)C(=S)Nc1ccccc1Cl. The molecule has 0 aliphatic rings. The second kappa shape index (κ2) is 6.90. The van der Waals surface area contributed by atoms with Crippen molar-refractivity contribution in [3.8, 4) is 0 Å². The Morgan fingerprint density at radius 2 is 2.00 bits per heavy atom. The highest BCUT2D eigenvalue weighted by molar-refractivity contribution is 7.80. The Bertz CT molecular complexity index is 500. The van der Waals surface area contributed by atoms with Gasteiger partial charge in [0.1, 0.15) is 12.1 Å². The molecule has 0 heterocycles. The van der Waals surface area contributed by atoms with Gasteiger partial charge in [-0.05, 0) is 45.1 Å². The zero-order valence-electron chi connectivity index (χ0n) is 12.1. The average Bonchev–Trinajstić information content (AvgIpc) is 2.29. The van der Waals surface area contributed by atoms with Crippen LogP contribution < -0.4 is 5.32 Å². The van der Waals surface area contributed by atoms with Crippen LogP contribution in [-0.4, -0.2) is 35.2 Å². The van der Waals surface area contributed by atoms with Crippen molar-refractivity contribution in [2.75, 3.05) is 18.9 Å². The molecule has 0 amide bonds. The minimum absolute atomic E-state index is 0.0769. The van der Waals surface area contributed by atoms with E-state index in [1.807, 2.05) is 39.0 Å². The summed E-state index contributed by atoms with van der Waals surface area (Å²) >= 11 is 11.3. The zero-order valence-corrected chi connectivity index (χ0v) is 13.6. The maximum atomic E-state index is 11.7. The highest BCUT2D eigenvalue weighted by Crippen LogP contribution is 2.20. The molecule has 0 aromatic heterocycles. The third-order valence-corrected chi connectivity index (χ3v) is 2.99. The molecule has 0 unspecified atom stereocenters. The van der Waals surface area contributed by atoms with Gasteiger partial charge in [-0.15, -0.1) is 0 Å². The molecule has 0 radical (unpaired) electrons. The average molecular weight is 315 g/mol. The van der Waals surface area contributed by atoms with Gasteiger partial charge < -0.3 is 15.0 Å². The molecule has 110 valence electrons. The second-order valence-electron chi connectivity index (χ2n) is 5.35. The van der Waals surface area contributed by atoms with Crippen molar-refractivity contribution in [3.63, 3.8) is 0 Å². The van der Waals surface area contributed by atoms with Gasteiger partial charge in [0.25, 0.3) is 0 Å². The van der Waals surface area contributed by atoms with Crippen molar-refractivity contribution in [2.45, 2.75) is 26.4 Å². The molecule has 0 bridgehead atoms. The quantitative estimate of drug-likeness (QED) is 0.685. The Balaban J connectivity index is 2.56. The molecular formula is C14H19ClN2O2S. The first-order valence-corrected chi connectivity index (χ1v) is 6.96. The van der Waals surface area contributed by atoms with Crippen molar-refractivity contribution < 1.29 is 9.53 Å². The summed E-state index contributed by atoms with van der Waals surface area (Å²) in [5, 5.41) is 3.97. The van der Waals surface area contributed by atoms with Crippen molar-refractivity contribution in [1.82, 2.24) is 4.90 Å². The zero-order chi connectivity index (χ0) is 15.3. The van der Waals surface area contributed by atoms with Crippen LogP contribution >= 0.6 is 23.8 Å². The number of para-hydroxylation sites is 1. The minimum Gasteiger partial charge on any atom is -0.459 e. The molecule has 1 aromatic carbocycles. The molecule has 1 aromatic rings. The largest absolute Gasteiger partial charge is 0.459 e. The monoisotopic (exact) mass is 314 g/mol. The van der Waals surface area contributed by atoms with E-state index >= 15 is 0 Å². The van der Waals surface area contributed by atoms with E-state index in [1.165, 1.54) is 0 Å². The standard InChI is InChI=1S/C14H19ClN2O2S/c1-14(2,3)19-12(18)9-17(4)13(20)16-11-8-6-5-7-10(11)15/h5-8H,9H2,1-4H3,(H,16,20). The van der Waals surface area contributed by atoms with E-state index < -0.39 is 5.60 Å². The molecular weight excluding hydrogens is 296 g/mol. The van der Waals surface area contributed by atoms with Crippen LogP contribution in [0.4, 0.5) is 5.69 Å². The topological polar surface area (TPSA) is 41.6 Å². The summed E-state index contributed by atoms with van der Waals surface area (Å²) < 4.78 is 5.24. The lowest BCUT2D eigenvalue weighted by Gasteiger charge is -2.24. The smallest absolute Gasteiger partial charge is 0.326 e. The van der Waals surface area contributed by atoms with Gasteiger partial charge in [0.05, 0.1) is 10.7 Å². The maximum Gasteiger partial charge on any atom is 0.326 e. The van der Waals surface area contributed by atoms with Crippen LogP contribution in [0.2, 0.25) is 5.02 Å². The van der Waals surface area contributed by atoms with E-state index in [2.05, 4.69) is 5.32 Å². The number of carbonyl (C=O) groups excluding carboxylic acids is 1. The third kappa shape index (κ3) is 5.75. The number of hydrogen-bond donors (Lipinski definition) is 1. The number of nitrogens with zero attached hydrogens (tertiary/aromatic N) is 1. The number of rotatable bonds is 3. The summed E-state index contributed by atoms with van der Waals surface area (Å²) in [6, 6.07) is 7.27. The van der Waals surface area contributed by atoms with Gasteiger partial charge in [-0.25, -0.2) is 0 Å². The predicted octanol–water partition coefficient (Wildman–Crippen LogP) is 3.31. The highest BCUT2D eigenvalue weighted by atomic mass is 35.5. The molecule has 0 aliphatic carbocycles. The van der Waals surface area contributed by atoms with Gasteiger partial charge in [0.15, 0.2) is 5.11 Å². The molecule has 0 fully saturated rings. The van der Waals surface area contributed by atoms with Crippen molar-refractivity contribution >= 4 is 40.6 Å². The van der Waals surface area contributed by atoms with E-state index in [0.717, 1.165) is 0 Å². The maximum absolute atomic E-state index is 11.7. The Labute approximate surface area is 130 Å². The van der Waals surface area contributed by atoms with Crippen LogP contribution in [0.15, 0.2) is 24.3 Å². The van der Waals surface area contributed by atoms with Crippen molar-refractivity contribution in [1.29, 1.82) is 0 Å². The van der Waals surface area contributed by atoms with Gasteiger partial charge in [0, 0.05) is 7.05 Å². The van der Waals surface area contributed by atoms with Gasteiger partial charge in [-0.3, -0.25) is 4.79 Å². The van der Waals surface area contributed by atoms with Crippen LogP contribution in [0.3, 0.4) is 0 Å². The number of benzene rings is 1. The first kappa shape index (κ1) is 16.7. The Morgan fingerprint density at radius 1 is 1.40 bits per heavy atom. The molecule has 4 nitrogen and oxygen atoms in total. The molecule has 0 spiro atoms. The molecule has 0 atom stereocenters. The minimum atomic E-state index is -0.504. The second-order valence-corrected chi connectivity index (χ2v) is 6.15. The molecule has 1 N–H and O–H groups in total. The molecule has 0 saturated heterocycles. The summed E-state index contributed by atoms with van der Waals surface area (Å²) in [5.74, 6) is -0.330. The fourth-order valence-corrected chi connectivity index (χ4v) is 1.77. The number of likely N-dealkylation sites (N-methyl/N-ethyl adjacent to an activating group) is 1. The molecule has 20 heavy (non-hydrogen) atoms. The first-order valence-electron chi connectivity index (χ1n) is 6.17. The van der Waals surface area contributed by atoms with E-state index in [0.29, 0.717) is 15.8 Å². The fraction of sp³-hybridized carbons (Fsp3) is 0.429. The number of carbonyl (C=O) groups is 1. The Hall–Kier alpha value is -1.33. The lowest BCUT2D eigenvalue weighted by Crippen LogP contribution is -2.38. The van der Waals surface area contributed by atoms with Gasteiger partial charge in [0.2, 0.25) is 0 Å². The Kier molecular flexibility index (Phi) is 5.77. The van der Waals surface area contributed by atoms with Gasteiger partial charge >= 0.3 is 5.97 Å². The van der Waals surface area contributed by atoms with Crippen molar-refractivity contribution in [3.05, 3.63) is 29.3 Å². The number of halogens is 1. The van der Waals surface area contributed by atoms with E-state index in [9.17, 15) is 4.79 Å². The summed E-state index contributed by atoms with van der Waals surface area (Å²) in [5.41, 5.74) is 0.200. The lowest BCUT2D eigenvalue weighted by molar-refractivity contribution is -0.154. The molecule has 0 aliphatic heterocycles. The van der Waals surface area contributed by atoms with Crippen LogP contribution in [0.1, 0.15) is 20.8 Å². The van der Waals surface area contributed by atoms with E-state index in [1.54, 1.807) is 18.0 Å². The summed E-state index contributed by atoms with van der Waals surface area (Å²) in [4.78, 5) is 13.3. The molecule has 1 rings (SSSR count). The van der Waals surface area contributed by atoms with Crippen LogP contribution in [-0.2, 0) is 9.53 Å². The fourth-order valence-electron chi connectivity index (χ4n) is 1.41. The number of thiocarbonyl (C=S) groups is 1. The normalized spacial score (nSPS) is 10.8. The van der Waals surface area contributed by atoms with Crippen LogP contribution in [0.25, 0.3) is 0 Å². The Morgan fingerprint density at radius 3 is 2.55 bits per heavy atom. The van der Waals surface area contributed by atoms with Gasteiger partial charge in [-0.2, -0.15) is 0 Å². The number of esters is 1.